The van der Waals surface area contributed by atoms with Gasteiger partial charge in [-0.2, -0.15) is 0 Å². The van der Waals surface area contributed by atoms with Crippen molar-refractivity contribution in [2.24, 2.45) is 0 Å². The van der Waals surface area contributed by atoms with Crippen molar-refractivity contribution in [2.75, 3.05) is 14.1 Å². The second-order valence-electron chi connectivity index (χ2n) is 4.72. The maximum absolute atomic E-state index is 12.0. The molecule has 0 saturated carbocycles. The molecule has 19 heavy (non-hydrogen) atoms. The van der Waals surface area contributed by atoms with E-state index in [0.717, 1.165) is 16.5 Å². The molecule has 1 N–H and O–H groups in total. The summed E-state index contributed by atoms with van der Waals surface area (Å²) in [4.78, 5) is 16.6. The first kappa shape index (κ1) is 12.2. The molecule has 0 atom stereocenters. The minimum absolute atomic E-state index is 0.224. The maximum atomic E-state index is 12.0. The zero-order chi connectivity index (χ0) is 13.6. The molecule has 0 bridgehead atoms. The Morgan fingerprint density at radius 3 is 2.89 bits per heavy atom. The average molecular weight is 278 g/mol. The van der Waals surface area contributed by atoms with Crippen LogP contribution in [-0.4, -0.2) is 29.1 Å². The average Bonchev–Trinajstić information content (AvgIpc) is 2.72. The Balaban J connectivity index is 2.42. The van der Waals surface area contributed by atoms with E-state index in [-0.39, 0.29) is 5.56 Å². The van der Waals surface area contributed by atoms with Crippen LogP contribution < -0.4 is 5.56 Å². The second-order valence-corrected chi connectivity index (χ2v) is 5.15. The number of nitrogens with zero attached hydrogens (tertiary/aromatic N) is 2. The molecule has 1 aromatic carbocycles. The zero-order valence-electron chi connectivity index (χ0n) is 10.5. The summed E-state index contributed by atoms with van der Waals surface area (Å²) in [5, 5.41) is 6.74. The molecule has 0 radical (unpaired) electrons. The molecule has 5 nitrogen and oxygen atoms in total. The van der Waals surface area contributed by atoms with Crippen molar-refractivity contribution in [1.82, 2.24) is 15.0 Å². The lowest BCUT2D eigenvalue weighted by atomic mass is 10.1. The van der Waals surface area contributed by atoms with Crippen LogP contribution in [0.3, 0.4) is 0 Å². The Morgan fingerprint density at radius 2 is 2.16 bits per heavy atom. The van der Waals surface area contributed by atoms with E-state index in [1.165, 1.54) is 0 Å². The predicted octanol–water partition coefficient (Wildman–Crippen LogP) is 2.38. The molecular formula is C13H12ClN3O2. The van der Waals surface area contributed by atoms with Crippen molar-refractivity contribution in [1.29, 1.82) is 0 Å². The van der Waals surface area contributed by atoms with Gasteiger partial charge in [-0.25, -0.2) is 0 Å². The van der Waals surface area contributed by atoms with Crippen LogP contribution in [0.15, 0.2) is 27.5 Å². The minimum Gasteiger partial charge on any atom is -0.337 e. The number of benzene rings is 1. The molecule has 0 saturated heterocycles. The van der Waals surface area contributed by atoms with Gasteiger partial charge in [-0.05, 0) is 26.2 Å². The lowest BCUT2D eigenvalue weighted by molar-refractivity contribution is 0.371. The molecule has 0 aliphatic carbocycles. The number of hydrogen-bond acceptors (Lipinski definition) is 4. The molecule has 3 rings (SSSR count). The van der Waals surface area contributed by atoms with Crippen LogP contribution in [0.25, 0.3) is 21.9 Å². The number of pyridine rings is 1. The van der Waals surface area contributed by atoms with Crippen molar-refractivity contribution < 1.29 is 4.52 Å². The maximum Gasteiger partial charge on any atom is 0.258 e. The van der Waals surface area contributed by atoms with Crippen LogP contribution in [0.2, 0.25) is 5.02 Å². The fraction of sp³-hybridized carbons (Fsp3) is 0.231. The topological polar surface area (TPSA) is 62.1 Å². The molecule has 2 aromatic heterocycles. The highest BCUT2D eigenvalue weighted by Crippen LogP contribution is 2.26. The highest BCUT2D eigenvalue weighted by molar-refractivity contribution is 6.31. The fourth-order valence-electron chi connectivity index (χ4n) is 2.19. The third kappa shape index (κ3) is 2.01. The Morgan fingerprint density at radius 1 is 1.37 bits per heavy atom. The van der Waals surface area contributed by atoms with Crippen LogP contribution in [0.4, 0.5) is 0 Å². The summed E-state index contributed by atoms with van der Waals surface area (Å²) in [6, 6.07) is 5.24. The van der Waals surface area contributed by atoms with E-state index in [2.05, 4.69) is 10.1 Å². The van der Waals surface area contributed by atoms with Gasteiger partial charge in [0.2, 0.25) is 5.71 Å². The van der Waals surface area contributed by atoms with Crippen LogP contribution >= 0.6 is 11.6 Å². The van der Waals surface area contributed by atoms with Crippen molar-refractivity contribution in [3.05, 3.63) is 39.3 Å². The number of nitrogens with one attached hydrogen (secondary N) is 1. The predicted molar refractivity (Wildman–Crippen MR) is 74.5 cm³/mol. The van der Waals surface area contributed by atoms with E-state index in [1.54, 1.807) is 12.1 Å². The van der Waals surface area contributed by atoms with Gasteiger partial charge < -0.3 is 9.42 Å². The number of halogens is 1. The van der Waals surface area contributed by atoms with Gasteiger partial charge in [-0.15, -0.1) is 0 Å². The lowest BCUT2D eigenvalue weighted by Crippen LogP contribution is -2.11. The Kier molecular flexibility index (Phi) is 2.80. The van der Waals surface area contributed by atoms with Crippen LogP contribution in [0, 0.1) is 0 Å². The van der Waals surface area contributed by atoms with Gasteiger partial charge >= 0.3 is 0 Å². The van der Waals surface area contributed by atoms with E-state index in [9.17, 15) is 4.79 Å². The fourth-order valence-corrected chi connectivity index (χ4v) is 2.36. The Labute approximate surface area is 113 Å². The standard InChI is InChI=1S/C13H12ClN3O2/c1-17(2)6-10-11-8-4-3-7(14)5-9(8)12(18)15-13(11)19-16-10/h3-5H,6H2,1-2H3,(H,15,18). The Hall–Kier alpha value is -1.85. The molecule has 6 heteroatoms. The third-order valence-corrected chi connectivity index (χ3v) is 3.19. The van der Waals surface area contributed by atoms with E-state index >= 15 is 0 Å². The number of hydrogen-bond donors (Lipinski definition) is 1. The smallest absolute Gasteiger partial charge is 0.258 e. The van der Waals surface area contributed by atoms with E-state index in [1.807, 2.05) is 25.1 Å². The van der Waals surface area contributed by atoms with Crippen molar-refractivity contribution in [3.8, 4) is 0 Å². The molecule has 2 heterocycles. The summed E-state index contributed by atoms with van der Waals surface area (Å²) >= 11 is 5.94. The van der Waals surface area contributed by atoms with E-state index < -0.39 is 0 Å². The van der Waals surface area contributed by atoms with Gasteiger partial charge in [-0.1, -0.05) is 22.8 Å². The van der Waals surface area contributed by atoms with Gasteiger partial charge in [0, 0.05) is 22.3 Å². The molecule has 0 aliphatic rings. The number of H-pyrrole nitrogens is 1. The highest BCUT2D eigenvalue weighted by Gasteiger charge is 2.15. The van der Waals surface area contributed by atoms with E-state index in [4.69, 9.17) is 16.1 Å². The van der Waals surface area contributed by atoms with Gasteiger partial charge in [0.1, 0.15) is 5.69 Å². The summed E-state index contributed by atoms with van der Waals surface area (Å²) in [6.45, 7) is 0.636. The van der Waals surface area contributed by atoms with Crippen molar-refractivity contribution in [3.63, 3.8) is 0 Å². The van der Waals surface area contributed by atoms with Gasteiger partial charge in [0.05, 0.1) is 5.39 Å². The summed E-state index contributed by atoms with van der Waals surface area (Å²) in [6.07, 6.45) is 0. The summed E-state index contributed by atoms with van der Waals surface area (Å²) < 4.78 is 5.20. The number of aromatic nitrogens is 2. The van der Waals surface area contributed by atoms with Crippen LogP contribution in [0.1, 0.15) is 5.69 Å². The van der Waals surface area contributed by atoms with Gasteiger partial charge in [0.15, 0.2) is 0 Å². The number of aromatic amines is 1. The first-order valence-electron chi connectivity index (χ1n) is 5.81. The van der Waals surface area contributed by atoms with Crippen LogP contribution in [0.5, 0.6) is 0 Å². The van der Waals surface area contributed by atoms with Gasteiger partial charge in [0.25, 0.3) is 5.56 Å². The molecule has 0 amide bonds. The van der Waals surface area contributed by atoms with Crippen molar-refractivity contribution in [2.45, 2.75) is 6.54 Å². The first-order chi connectivity index (χ1) is 9.06. The molecule has 0 aliphatic heterocycles. The summed E-state index contributed by atoms with van der Waals surface area (Å²) in [5.74, 6) is 0. The molecule has 98 valence electrons. The monoisotopic (exact) mass is 277 g/mol. The Bertz CT molecular complexity index is 820. The molecule has 3 aromatic rings. The van der Waals surface area contributed by atoms with Crippen LogP contribution in [-0.2, 0) is 6.54 Å². The normalized spacial score (nSPS) is 11.8. The largest absolute Gasteiger partial charge is 0.337 e. The molecule has 0 fully saturated rings. The number of fused-ring (bicyclic) bond motifs is 3. The first-order valence-corrected chi connectivity index (χ1v) is 6.18. The minimum atomic E-state index is -0.224. The third-order valence-electron chi connectivity index (χ3n) is 2.95. The number of rotatable bonds is 2. The highest BCUT2D eigenvalue weighted by atomic mass is 35.5. The summed E-state index contributed by atoms with van der Waals surface area (Å²) in [5.41, 5.74) is 0.970. The molecular weight excluding hydrogens is 266 g/mol. The molecule has 0 unspecified atom stereocenters. The van der Waals surface area contributed by atoms with E-state index in [0.29, 0.717) is 22.7 Å². The zero-order valence-corrected chi connectivity index (χ0v) is 11.3. The van der Waals surface area contributed by atoms with Crippen molar-refractivity contribution >= 4 is 33.5 Å². The lowest BCUT2D eigenvalue weighted by Gasteiger charge is -2.06. The second kappa shape index (κ2) is 4.36. The molecule has 0 spiro atoms. The SMILES string of the molecule is CN(C)Cc1noc2[nH]c(=O)c3cc(Cl)ccc3c12. The van der Waals surface area contributed by atoms with Gasteiger partial charge in [-0.3, -0.25) is 9.78 Å². The summed E-state index contributed by atoms with van der Waals surface area (Å²) in [7, 11) is 3.90. The quantitative estimate of drug-likeness (QED) is 0.781.